The van der Waals surface area contributed by atoms with Crippen molar-refractivity contribution in [2.75, 3.05) is 26.7 Å². The van der Waals surface area contributed by atoms with E-state index in [-0.39, 0.29) is 11.9 Å². The minimum atomic E-state index is -0.688. The molecule has 2 saturated heterocycles. The van der Waals surface area contributed by atoms with Gasteiger partial charge in [-0.2, -0.15) is 0 Å². The highest BCUT2D eigenvalue weighted by molar-refractivity contribution is 6.06. The third-order valence-electron chi connectivity index (χ3n) is 6.80. The molecule has 4 rings (SSSR count). The Kier molecular flexibility index (Phi) is 5.69. The van der Waals surface area contributed by atoms with Crippen molar-refractivity contribution in [2.24, 2.45) is 0 Å². The molecule has 1 spiro atoms. The summed E-state index contributed by atoms with van der Waals surface area (Å²) in [5.74, 6) is 2.31. The van der Waals surface area contributed by atoms with Gasteiger partial charge >= 0.3 is 6.03 Å². The third-order valence-corrected chi connectivity index (χ3v) is 6.80. The lowest BCUT2D eigenvalue weighted by Gasteiger charge is -2.41. The molecule has 3 heterocycles. The molecule has 1 atom stereocenters. The first-order valence-corrected chi connectivity index (χ1v) is 10.8. The number of nitrogens with zero attached hydrogens (tertiary/aromatic N) is 3. The number of likely N-dealkylation sites (tertiary alicyclic amines) is 1. The van der Waals surface area contributed by atoms with Crippen molar-refractivity contribution in [3.05, 3.63) is 59.5 Å². The molecule has 6 heteroatoms. The molecule has 2 aliphatic rings. The molecular weight excluding hydrogens is 378 g/mol. The van der Waals surface area contributed by atoms with Crippen LogP contribution in [0, 0.1) is 6.92 Å². The van der Waals surface area contributed by atoms with Crippen molar-refractivity contribution >= 4 is 11.9 Å². The zero-order valence-corrected chi connectivity index (χ0v) is 18.1. The number of benzene rings is 1. The Morgan fingerprint density at radius 2 is 1.77 bits per heavy atom. The van der Waals surface area contributed by atoms with Crippen LogP contribution in [0.3, 0.4) is 0 Å². The lowest BCUT2D eigenvalue weighted by atomic mass is 9.86. The number of piperidine rings is 1. The van der Waals surface area contributed by atoms with Gasteiger partial charge in [-0.3, -0.25) is 9.69 Å². The van der Waals surface area contributed by atoms with Gasteiger partial charge in [-0.05, 0) is 50.4 Å². The Hall–Kier alpha value is -2.60. The number of carbonyl (C=O) groups is 2. The molecule has 0 bridgehead atoms. The molecule has 0 aliphatic carbocycles. The molecule has 1 aromatic carbocycles. The minimum Gasteiger partial charge on any atom is -0.466 e. The van der Waals surface area contributed by atoms with Crippen molar-refractivity contribution in [2.45, 2.75) is 51.1 Å². The Labute approximate surface area is 178 Å². The molecule has 160 valence electrons. The molecule has 2 fully saturated rings. The fourth-order valence-corrected chi connectivity index (χ4v) is 4.68. The molecule has 2 aromatic rings. The average Bonchev–Trinajstić information content (AvgIpc) is 3.27. The molecule has 0 radical (unpaired) electrons. The highest BCUT2D eigenvalue weighted by atomic mass is 16.3. The highest BCUT2D eigenvalue weighted by Crippen LogP contribution is 2.37. The number of urea groups is 1. The second-order valence-electron chi connectivity index (χ2n) is 8.73. The van der Waals surface area contributed by atoms with Crippen LogP contribution in [0.1, 0.15) is 49.2 Å². The smallest absolute Gasteiger partial charge is 0.327 e. The number of imide groups is 1. The minimum absolute atomic E-state index is 0.0436. The SMILES string of the molecule is Cc1ccc([C@@H](C)CCN2CCC3(CC2)C(=O)N(Cc2ccccc2)C(=O)N3C)o1. The summed E-state index contributed by atoms with van der Waals surface area (Å²) in [5.41, 5.74) is 0.288. The third kappa shape index (κ3) is 3.76. The Morgan fingerprint density at radius 1 is 1.07 bits per heavy atom. The Balaban J connectivity index is 1.35. The standard InChI is InChI=1S/C24H31N3O3/c1-18(21-10-9-19(2)30-21)11-14-26-15-12-24(13-16-26)22(28)27(23(29)25(24)3)17-20-7-5-4-6-8-20/h4-10,18H,11-17H2,1-3H3/t18-/m0/s1. The van der Waals surface area contributed by atoms with Gasteiger partial charge in [0.25, 0.3) is 5.91 Å². The van der Waals surface area contributed by atoms with Crippen molar-refractivity contribution in [3.8, 4) is 0 Å². The van der Waals surface area contributed by atoms with Crippen molar-refractivity contribution in [1.82, 2.24) is 14.7 Å². The normalized spacial score (nSPS) is 20.4. The number of hydrogen-bond acceptors (Lipinski definition) is 4. The summed E-state index contributed by atoms with van der Waals surface area (Å²) >= 11 is 0. The maximum Gasteiger partial charge on any atom is 0.327 e. The van der Waals surface area contributed by atoms with Crippen LogP contribution in [-0.2, 0) is 11.3 Å². The maximum atomic E-state index is 13.3. The number of hydrogen-bond donors (Lipinski definition) is 0. The summed E-state index contributed by atoms with van der Waals surface area (Å²) in [6.45, 7) is 7.12. The van der Waals surface area contributed by atoms with Gasteiger partial charge in [-0.15, -0.1) is 0 Å². The zero-order valence-electron chi connectivity index (χ0n) is 18.1. The van der Waals surface area contributed by atoms with Crippen LogP contribution >= 0.6 is 0 Å². The molecule has 6 nitrogen and oxygen atoms in total. The molecule has 2 aliphatic heterocycles. The first-order chi connectivity index (χ1) is 14.4. The average molecular weight is 410 g/mol. The molecule has 0 N–H and O–H groups in total. The molecular formula is C24H31N3O3. The van der Waals surface area contributed by atoms with Crippen LogP contribution in [0.4, 0.5) is 4.79 Å². The van der Waals surface area contributed by atoms with E-state index >= 15 is 0 Å². The number of furan rings is 1. The first kappa shape index (κ1) is 20.7. The monoisotopic (exact) mass is 409 g/mol. The summed E-state index contributed by atoms with van der Waals surface area (Å²) in [6, 6.07) is 13.6. The topological polar surface area (TPSA) is 57.0 Å². The Bertz CT molecular complexity index is 899. The molecule has 0 unspecified atom stereocenters. The van der Waals surface area contributed by atoms with E-state index in [1.807, 2.05) is 43.3 Å². The number of amides is 3. The lowest BCUT2D eigenvalue weighted by molar-refractivity contribution is -0.135. The lowest BCUT2D eigenvalue weighted by Crippen LogP contribution is -2.55. The molecule has 30 heavy (non-hydrogen) atoms. The van der Waals surface area contributed by atoms with E-state index in [9.17, 15) is 9.59 Å². The summed E-state index contributed by atoms with van der Waals surface area (Å²) in [7, 11) is 1.78. The summed E-state index contributed by atoms with van der Waals surface area (Å²) in [5, 5.41) is 0. The molecule has 3 amide bonds. The number of likely N-dealkylation sites (N-methyl/N-ethyl adjacent to an activating group) is 1. The summed E-state index contributed by atoms with van der Waals surface area (Å²) in [6.07, 6.45) is 2.39. The quantitative estimate of drug-likeness (QED) is 0.677. The fraction of sp³-hybridized carbons (Fsp3) is 0.500. The van der Waals surface area contributed by atoms with Crippen LogP contribution in [0.25, 0.3) is 0 Å². The summed E-state index contributed by atoms with van der Waals surface area (Å²) < 4.78 is 5.75. The summed E-state index contributed by atoms with van der Waals surface area (Å²) in [4.78, 5) is 31.7. The van der Waals surface area contributed by atoms with Crippen LogP contribution in [0.2, 0.25) is 0 Å². The van der Waals surface area contributed by atoms with Crippen molar-refractivity contribution < 1.29 is 14.0 Å². The van der Waals surface area contributed by atoms with Gasteiger partial charge in [0.15, 0.2) is 0 Å². The van der Waals surface area contributed by atoms with E-state index in [4.69, 9.17) is 4.42 Å². The molecule has 1 aromatic heterocycles. The van der Waals surface area contributed by atoms with Gasteiger partial charge in [0.2, 0.25) is 0 Å². The fourth-order valence-electron chi connectivity index (χ4n) is 4.68. The second-order valence-corrected chi connectivity index (χ2v) is 8.73. The number of carbonyl (C=O) groups excluding carboxylic acids is 2. The zero-order chi connectivity index (χ0) is 21.3. The van der Waals surface area contributed by atoms with Gasteiger partial charge in [-0.25, -0.2) is 4.79 Å². The van der Waals surface area contributed by atoms with Crippen LogP contribution in [-0.4, -0.2) is 58.9 Å². The first-order valence-electron chi connectivity index (χ1n) is 10.8. The van der Waals surface area contributed by atoms with Gasteiger partial charge in [0.05, 0.1) is 6.54 Å². The van der Waals surface area contributed by atoms with Crippen LogP contribution < -0.4 is 0 Å². The van der Waals surface area contributed by atoms with Crippen LogP contribution in [0.5, 0.6) is 0 Å². The molecule has 0 saturated carbocycles. The van der Waals surface area contributed by atoms with Gasteiger partial charge in [0, 0.05) is 26.1 Å². The van der Waals surface area contributed by atoms with Gasteiger partial charge in [-0.1, -0.05) is 37.3 Å². The highest BCUT2D eigenvalue weighted by Gasteiger charge is 2.56. The van der Waals surface area contributed by atoms with E-state index < -0.39 is 5.54 Å². The van der Waals surface area contributed by atoms with Gasteiger partial charge < -0.3 is 14.2 Å². The van der Waals surface area contributed by atoms with Gasteiger partial charge in [0.1, 0.15) is 17.1 Å². The van der Waals surface area contributed by atoms with E-state index in [0.29, 0.717) is 25.3 Å². The van der Waals surface area contributed by atoms with E-state index in [2.05, 4.69) is 17.9 Å². The van der Waals surface area contributed by atoms with Crippen molar-refractivity contribution in [1.29, 1.82) is 0 Å². The van der Waals surface area contributed by atoms with E-state index in [0.717, 1.165) is 43.1 Å². The Morgan fingerprint density at radius 3 is 2.40 bits per heavy atom. The largest absolute Gasteiger partial charge is 0.466 e. The number of rotatable bonds is 6. The van der Waals surface area contributed by atoms with E-state index in [1.165, 1.54) is 4.90 Å². The van der Waals surface area contributed by atoms with Crippen LogP contribution in [0.15, 0.2) is 46.9 Å². The van der Waals surface area contributed by atoms with Crippen molar-refractivity contribution in [3.63, 3.8) is 0 Å². The number of aryl methyl sites for hydroxylation is 1. The van der Waals surface area contributed by atoms with E-state index in [1.54, 1.807) is 11.9 Å². The predicted octanol–water partition coefficient (Wildman–Crippen LogP) is 4.01. The second kappa shape index (κ2) is 8.26. The maximum absolute atomic E-state index is 13.3. The predicted molar refractivity (Wildman–Crippen MR) is 115 cm³/mol.